The minimum absolute atomic E-state index is 0.145. The molecule has 5 heteroatoms. The number of ketones is 1. The molecular weight excluding hydrogens is 174 g/mol. The van der Waals surface area contributed by atoms with Crippen LogP contribution < -0.4 is 0 Å². The second-order valence-corrected chi connectivity index (χ2v) is 3.30. The maximum atomic E-state index is 11.2. The Hall–Kier alpha value is -1.26. The van der Waals surface area contributed by atoms with Crippen molar-refractivity contribution in [3.05, 3.63) is 10.1 Å². The van der Waals surface area contributed by atoms with Crippen molar-refractivity contribution in [2.75, 3.05) is 6.54 Å². The molecule has 0 bridgehead atoms. The smallest absolute Gasteiger partial charge is 0.207 e. The van der Waals surface area contributed by atoms with E-state index in [0.717, 1.165) is 0 Å². The zero-order valence-corrected chi connectivity index (χ0v) is 7.14. The summed E-state index contributed by atoms with van der Waals surface area (Å²) in [6, 6.07) is 0. The molecule has 1 aliphatic carbocycles. The van der Waals surface area contributed by atoms with Crippen LogP contribution in [-0.4, -0.2) is 23.5 Å². The molecule has 13 heavy (non-hydrogen) atoms. The van der Waals surface area contributed by atoms with Crippen LogP contribution in [0.2, 0.25) is 0 Å². The normalized spacial score (nSPS) is 28.5. The van der Waals surface area contributed by atoms with Crippen LogP contribution >= 0.6 is 0 Å². The number of hydrogen-bond donors (Lipinski definition) is 0. The van der Waals surface area contributed by atoms with Crippen LogP contribution in [0.3, 0.4) is 0 Å². The number of Topliss-reactive ketones (excluding diaryl/α,β-unsaturated/α-hetero) is 1. The molecule has 0 aromatic heterocycles. The first-order valence-corrected chi connectivity index (χ1v) is 4.25. The van der Waals surface area contributed by atoms with E-state index >= 15 is 0 Å². The molecule has 0 saturated heterocycles. The lowest BCUT2D eigenvalue weighted by Gasteiger charge is -2.22. The molecule has 0 aromatic rings. The molecule has 1 aliphatic rings. The lowest BCUT2D eigenvalue weighted by Crippen LogP contribution is -2.33. The molecule has 2 unspecified atom stereocenters. The summed E-state index contributed by atoms with van der Waals surface area (Å²) < 4.78 is 0. The van der Waals surface area contributed by atoms with Crippen LogP contribution in [0.25, 0.3) is 0 Å². The lowest BCUT2D eigenvalue weighted by molar-refractivity contribution is -0.489. The van der Waals surface area contributed by atoms with Crippen LogP contribution in [0.5, 0.6) is 0 Å². The van der Waals surface area contributed by atoms with Gasteiger partial charge in [-0.15, -0.1) is 0 Å². The van der Waals surface area contributed by atoms with E-state index in [9.17, 15) is 19.7 Å². The molecule has 72 valence electrons. The van der Waals surface area contributed by atoms with Crippen LogP contribution in [0.1, 0.15) is 19.3 Å². The summed E-state index contributed by atoms with van der Waals surface area (Å²) in [4.78, 5) is 31.4. The first kappa shape index (κ1) is 9.83. The van der Waals surface area contributed by atoms with Gasteiger partial charge >= 0.3 is 0 Å². The van der Waals surface area contributed by atoms with Crippen molar-refractivity contribution in [3.8, 4) is 0 Å². The van der Waals surface area contributed by atoms with Gasteiger partial charge in [0.25, 0.3) is 0 Å². The fourth-order valence-corrected chi connectivity index (χ4v) is 1.73. The van der Waals surface area contributed by atoms with E-state index in [0.29, 0.717) is 25.5 Å². The molecule has 0 heterocycles. The highest BCUT2D eigenvalue weighted by atomic mass is 16.6. The van der Waals surface area contributed by atoms with Crippen LogP contribution in [0.4, 0.5) is 0 Å². The van der Waals surface area contributed by atoms with Crippen LogP contribution in [-0.2, 0) is 9.59 Å². The number of carbonyl (C=O) groups excluding carboxylic acids is 2. The molecule has 0 aromatic carbocycles. The van der Waals surface area contributed by atoms with Gasteiger partial charge in [0.15, 0.2) is 0 Å². The molecule has 0 N–H and O–H groups in total. The summed E-state index contributed by atoms with van der Waals surface area (Å²) in [5.74, 6) is -1.26. The minimum atomic E-state index is -0.737. The van der Waals surface area contributed by atoms with Crippen molar-refractivity contribution in [2.24, 2.45) is 11.8 Å². The molecule has 0 spiro atoms. The quantitative estimate of drug-likeness (QED) is 0.277. The van der Waals surface area contributed by atoms with Gasteiger partial charge in [0, 0.05) is 17.3 Å². The fourth-order valence-electron chi connectivity index (χ4n) is 1.73. The number of nitrogens with zero attached hydrogens (tertiary/aromatic N) is 1. The number of aldehydes is 1. The van der Waals surface area contributed by atoms with Gasteiger partial charge in [-0.05, 0) is 12.8 Å². The Morgan fingerprint density at radius 1 is 1.62 bits per heavy atom. The van der Waals surface area contributed by atoms with Crippen molar-refractivity contribution in [2.45, 2.75) is 19.3 Å². The van der Waals surface area contributed by atoms with Crippen molar-refractivity contribution >= 4 is 12.1 Å². The highest BCUT2D eigenvalue weighted by Crippen LogP contribution is 2.25. The van der Waals surface area contributed by atoms with Gasteiger partial charge in [-0.2, -0.15) is 0 Å². The number of carbonyl (C=O) groups is 2. The van der Waals surface area contributed by atoms with Gasteiger partial charge in [0.2, 0.25) is 6.54 Å². The summed E-state index contributed by atoms with van der Waals surface area (Å²) in [6.07, 6.45) is 2.21. The zero-order chi connectivity index (χ0) is 9.84. The van der Waals surface area contributed by atoms with Crippen molar-refractivity contribution in [1.82, 2.24) is 0 Å². The Morgan fingerprint density at radius 3 is 2.85 bits per heavy atom. The summed E-state index contributed by atoms with van der Waals surface area (Å²) in [7, 11) is 0. The van der Waals surface area contributed by atoms with E-state index in [4.69, 9.17) is 0 Å². The Labute approximate surface area is 75.3 Å². The zero-order valence-electron chi connectivity index (χ0n) is 7.14. The molecule has 1 rings (SSSR count). The van der Waals surface area contributed by atoms with Gasteiger partial charge in [0.1, 0.15) is 12.1 Å². The molecule has 1 saturated carbocycles. The van der Waals surface area contributed by atoms with E-state index in [2.05, 4.69) is 0 Å². The summed E-state index contributed by atoms with van der Waals surface area (Å²) in [5, 5.41) is 10.2. The molecule has 5 nitrogen and oxygen atoms in total. The summed E-state index contributed by atoms with van der Waals surface area (Å²) in [6.45, 7) is -0.269. The van der Waals surface area contributed by atoms with Crippen LogP contribution in [0.15, 0.2) is 0 Å². The average Bonchev–Trinajstić information content (AvgIpc) is 2.03. The first-order chi connectivity index (χ1) is 6.15. The Bertz CT molecular complexity index is 238. The van der Waals surface area contributed by atoms with Gasteiger partial charge in [-0.3, -0.25) is 14.9 Å². The van der Waals surface area contributed by atoms with Crippen molar-refractivity contribution in [3.63, 3.8) is 0 Å². The molecule has 2 atom stereocenters. The van der Waals surface area contributed by atoms with Crippen LogP contribution in [0, 0.1) is 22.0 Å². The predicted molar refractivity (Wildman–Crippen MR) is 43.8 cm³/mol. The van der Waals surface area contributed by atoms with Crippen molar-refractivity contribution in [1.29, 1.82) is 0 Å². The van der Waals surface area contributed by atoms with E-state index < -0.39 is 10.8 Å². The first-order valence-electron chi connectivity index (χ1n) is 4.25. The van der Waals surface area contributed by atoms with E-state index in [-0.39, 0.29) is 18.2 Å². The van der Waals surface area contributed by atoms with Gasteiger partial charge in [0.05, 0.1) is 5.92 Å². The van der Waals surface area contributed by atoms with E-state index in [1.165, 1.54) is 0 Å². The SMILES string of the molecule is O=CC1C(=O)CCCC1C[N+](=O)[O-]. The largest absolute Gasteiger partial charge is 0.303 e. The number of rotatable bonds is 3. The molecule has 0 radical (unpaired) electrons. The highest BCUT2D eigenvalue weighted by molar-refractivity contribution is 5.94. The molecular formula is C8H11NO4. The maximum absolute atomic E-state index is 11.2. The molecule has 0 aliphatic heterocycles. The van der Waals surface area contributed by atoms with E-state index in [1.807, 2.05) is 0 Å². The third kappa shape index (κ3) is 2.34. The second kappa shape index (κ2) is 4.11. The number of nitro groups is 1. The third-order valence-corrected chi connectivity index (χ3v) is 2.41. The Kier molecular flexibility index (Phi) is 3.11. The summed E-state index contributed by atoms with van der Waals surface area (Å²) in [5.41, 5.74) is 0. The van der Waals surface area contributed by atoms with Gasteiger partial charge in [-0.25, -0.2) is 0 Å². The van der Waals surface area contributed by atoms with Gasteiger partial charge in [-0.1, -0.05) is 0 Å². The summed E-state index contributed by atoms with van der Waals surface area (Å²) >= 11 is 0. The Morgan fingerprint density at radius 2 is 2.31 bits per heavy atom. The standard InChI is InChI=1S/C8H11NO4/c10-5-7-6(4-9(12)13)2-1-3-8(7)11/h5-7H,1-4H2. The highest BCUT2D eigenvalue weighted by Gasteiger charge is 2.34. The third-order valence-electron chi connectivity index (χ3n) is 2.41. The van der Waals surface area contributed by atoms with Crippen molar-refractivity contribution < 1.29 is 14.5 Å². The average molecular weight is 185 g/mol. The minimum Gasteiger partial charge on any atom is -0.303 e. The lowest BCUT2D eigenvalue weighted by atomic mass is 9.79. The molecule has 1 fully saturated rings. The second-order valence-electron chi connectivity index (χ2n) is 3.30. The fraction of sp³-hybridized carbons (Fsp3) is 0.750. The topological polar surface area (TPSA) is 77.3 Å². The Balaban J connectivity index is 2.64. The monoisotopic (exact) mass is 185 g/mol. The van der Waals surface area contributed by atoms with Gasteiger partial charge < -0.3 is 4.79 Å². The predicted octanol–water partition coefficient (Wildman–Crippen LogP) is 0.447. The number of hydrogen-bond acceptors (Lipinski definition) is 4. The van der Waals surface area contributed by atoms with E-state index in [1.54, 1.807) is 0 Å². The maximum Gasteiger partial charge on any atom is 0.207 e. The molecule has 0 amide bonds.